The van der Waals surface area contributed by atoms with Crippen LogP contribution in [-0.4, -0.2) is 26.1 Å². The predicted molar refractivity (Wildman–Crippen MR) is 117 cm³/mol. The zero-order chi connectivity index (χ0) is 20.7. The van der Waals surface area contributed by atoms with E-state index in [1.54, 1.807) is 23.9 Å². The van der Waals surface area contributed by atoms with Crippen LogP contribution in [0.15, 0.2) is 52.3 Å². The van der Waals surface area contributed by atoms with Crippen molar-refractivity contribution < 1.29 is 13.2 Å². The zero-order valence-corrected chi connectivity index (χ0v) is 18.5. The van der Waals surface area contributed by atoms with Crippen LogP contribution in [0.1, 0.15) is 32.3 Å². The highest BCUT2D eigenvalue weighted by Crippen LogP contribution is 2.28. The second-order valence-electron chi connectivity index (χ2n) is 6.44. The topological polar surface area (TPSA) is 75.3 Å². The largest absolute Gasteiger partial charge is 0.326 e. The number of benzene rings is 2. The van der Waals surface area contributed by atoms with Gasteiger partial charge in [0, 0.05) is 28.8 Å². The van der Waals surface area contributed by atoms with Crippen molar-refractivity contribution >= 4 is 45.0 Å². The normalized spacial score (nSPS) is 12.6. The van der Waals surface area contributed by atoms with Gasteiger partial charge in [0.15, 0.2) is 0 Å². The number of carbonyl (C=O) groups excluding carboxylic acids is 1. The Morgan fingerprint density at radius 2 is 1.93 bits per heavy atom. The van der Waals surface area contributed by atoms with Crippen molar-refractivity contribution in [3.8, 4) is 0 Å². The van der Waals surface area contributed by atoms with Crippen LogP contribution >= 0.6 is 23.4 Å². The zero-order valence-electron chi connectivity index (χ0n) is 16.2. The van der Waals surface area contributed by atoms with Crippen LogP contribution in [0.3, 0.4) is 0 Å². The van der Waals surface area contributed by atoms with Gasteiger partial charge in [-0.05, 0) is 49.2 Å². The third-order valence-electron chi connectivity index (χ3n) is 4.15. The second kappa shape index (κ2) is 10.3. The van der Waals surface area contributed by atoms with Gasteiger partial charge in [0.2, 0.25) is 15.9 Å². The summed E-state index contributed by atoms with van der Waals surface area (Å²) in [6.07, 6.45) is 1.11. The van der Waals surface area contributed by atoms with E-state index in [9.17, 15) is 13.2 Å². The van der Waals surface area contributed by atoms with E-state index >= 15 is 0 Å². The van der Waals surface area contributed by atoms with Crippen molar-refractivity contribution in [2.24, 2.45) is 0 Å². The highest BCUT2D eigenvalue weighted by atomic mass is 35.5. The van der Waals surface area contributed by atoms with E-state index in [0.29, 0.717) is 5.25 Å². The lowest BCUT2D eigenvalue weighted by Gasteiger charge is -2.13. The Labute approximate surface area is 176 Å². The molecule has 2 aromatic carbocycles. The number of aryl methyl sites for hydroxylation is 1. The maximum atomic E-state index is 12.3. The Hall–Kier alpha value is -1.54. The van der Waals surface area contributed by atoms with Crippen LogP contribution < -0.4 is 10.0 Å². The lowest BCUT2D eigenvalue weighted by Crippen LogP contribution is -2.28. The number of thioether (sulfide) groups is 1. The van der Waals surface area contributed by atoms with Gasteiger partial charge in [-0.25, -0.2) is 13.1 Å². The van der Waals surface area contributed by atoms with Crippen molar-refractivity contribution in [3.63, 3.8) is 0 Å². The molecule has 8 heteroatoms. The first-order valence-corrected chi connectivity index (χ1v) is 11.8. The minimum absolute atomic E-state index is 0.00214. The van der Waals surface area contributed by atoms with E-state index in [1.165, 1.54) is 12.1 Å². The van der Waals surface area contributed by atoms with Gasteiger partial charge in [-0.3, -0.25) is 4.79 Å². The minimum atomic E-state index is -3.75. The van der Waals surface area contributed by atoms with E-state index in [-0.39, 0.29) is 28.8 Å². The van der Waals surface area contributed by atoms with Crippen molar-refractivity contribution in [1.82, 2.24) is 4.72 Å². The molecule has 0 bridgehead atoms. The average molecular weight is 441 g/mol. The van der Waals surface area contributed by atoms with Crippen molar-refractivity contribution in [1.29, 1.82) is 0 Å². The van der Waals surface area contributed by atoms with Crippen LogP contribution in [0.5, 0.6) is 0 Å². The molecule has 0 aliphatic heterocycles. The summed E-state index contributed by atoms with van der Waals surface area (Å²) in [5.41, 5.74) is 1.70. The van der Waals surface area contributed by atoms with Crippen LogP contribution in [0.4, 0.5) is 5.69 Å². The number of rotatable bonds is 9. The molecule has 5 nitrogen and oxygen atoms in total. The smallest absolute Gasteiger partial charge is 0.242 e. The molecule has 0 aromatic heterocycles. The van der Waals surface area contributed by atoms with E-state index in [4.69, 9.17) is 11.6 Å². The quantitative estimate of drug-likeness (QED) is 0.546. The number of halogens is 1. The third kappa shape index (κ3) is 6.51. The molecule has 1 amide bonds. The molecule has 0 radical (unpaired) electrons. The molecule has 2 rings (SSSR count). The number of hydrogen-bond donors (Lipinski definition) is 2. The molecule has 0 aliphatic rings. The van der Waals surface area contributed by atoms with Gasteiger partial charge in [0.1, 0.15) is 4.90 Å². The van der Waals surface area contributed by atoms with Crippen LogP contribution in [-0.2, 0) is 14.8 Å². The van der Waals surface area contributed by atoms with Gasteiger partial charge >= 0.3 is 0 Å². The van der Waals surface area contributed by atoms with Crippen molar-refractivity contribution in [2.45, 2.75) is 48.7 Å². The molecule has 0 saturated heterocycles. The second-order valence-corrected chi connectivity index (χ2v) is 10.1. The predicted octanol–water partition coefficient (Wildman–Crippen LogP) is 4.85. The standard InChI is InChI=1S/C20H25ClN2O3S2/c1-4-15(3)27-16-9-10-18(14(2)13-16)23-20(24)11-12-22-28(25,26)19-8-6-5-7-17(19)21/h5-10,13,15,22H,4,11-12H2,1-3H3,(H,23,24). The Bertz CT molecular complexity index is 933. The van der Waals surface area contributed by atoms with Crippen molar-refractivity contribution in [3.05, 3.63) is 53.1 Å². The number of sulfonamides is 1. The highest BCUT2D eigenvalue weighted by molar-refractivity contribution is 7.99. The summed E-state index contributed by atoms with van der Waals surface area (Å²) in [7, 11) is -3.75. The summed E-state index contributed by atoms with van der Waals surface area (Å²) >= 11 is 7.73. The Morgan fingerprint density at radius 1 is 1.21 bits per heavy atom. The molecule has 152 valence electrons. The van der Waals surface area contributed by atoms with Gasteiger partial charge in [-0.15, -0.1) is 11.8 Å². The Morgan fingerprint density at radius 3 is 2.57 bits per heavy atom. The molecule has 28 heavy (non-hydrogen) atoms. The van der Waals surface area contributed by atoms with Crippen molar-refractivity contribution in [2.75, 3.05) is 11.9 Å². The fourth-order valence-electron chi connectivity index (χ4n) is 2.42. The molecule has 0 fully saturated rings. The molecule has 0 saturated carbocycles. The summed E-state index contributed by atoms with van der Waals surface area (Å²) in [6.45, 7) is 6.26. The first-order valence-electron chi connectivity index (χ1n) is 9.04. The molecule has 1 unspecified atom stereocenters. The summed E-state index contributed by atoms with van der Waals surface area (Å²) in [5.74, 6) is -0.257. The van der Waals surface area contributed by atoms with Crippen LogP contribution in [0, 0.1) is 6.92 Å². The monoisotopic (exact) mass is 440 g/mol. The number of amides is 1. The first-order chi connectivity index (χ1) is 13.2. The third-order valence-corrected chi connectivity index (χ3v) is 7.38. The van der Waals surface area contributed by atoms with Crippen LogP contribution in [0.2, 0.25) is 5.02 Å². The van der Waals surface area contributed by atoms with Gasteiger partial charge < -0.3 is 5.32 Å². The number of nitrogens with one attached hydrogen (secondary N) is 2. The summed E-state index contributed by atoms with van der Waals surface area (Å²) < 4.78 is 26.9. The lowest BCUT2D eigenvalue weighted by molar-refractivity contribution is -0.116. The Balaban J connectivity index is 1.90. The summed E-state index contributed by atoms with van der Waals surface area (Å²) in [5, 5.41) is 3.51. The van der Waals surface area contributed by atoms with Gasteiger partial charge in [-0.1, -0.05) is 37.6 Å². The maximum absolute atomic E-state index is 12.3. The van der Waals surface area contributed by atoms with Gasteiger partial charge in [-0.2, -0.15) is 0 Å². The number of anilines is 1. The molecule has 0 spiro atoms. The molecule has 0 aliphatic carbocycles. The molecular weight excluding hydrogens is 416 g/mol. The highest BCUT2D eigenvalue weighted by Gasteiger charge is 2.17. The summed E-state index contributed by atoms with van der Waals surface area (Å²) in [6, 6.07) is 12.1. The Kier molecular flexibility index (Phi) is 8.37. The SMILES string of the molecule is CCC(C)Sc1ccc(NC(=O)CCNS(=O)(=O)c2ccccc2Cl)c(C)c1. The molecular formula is C20H25ClN2O3S2. The van der Waals surface area contributed by atoms with Crippen LogP contribution in [0.25, 0.3) is 0 Å². The molecule has 2 N–H and O–H groups in total. The fraction of sp³-hybridized carbons (Fsp3) is 0.350. The van der Waals surface area contributed by atoms with E-state index < -0.39 is 10.0 Å². The fourth-order valence-corrected chi connectivity index (χ4v) is 4.99. The number of hydrogen-bond acceptors (Lipinski definition) is 4. The summed E-state index contributed by atoms with van der Waals surface area (Å²) in [4.78, 5) is 13.4. The van der Waals surface area contributed by atoms with E-state index in [0.717, 1.165) is 22.6 Å². The van der Waals surface area contributed by atoms with E-state index in [2.05, 4.69) is 23.9 Å². The first kappa shape index (κ1) is 22.7. The minimum Gasteiger partial charge on any atom is -0.326 e. The van der Waals surface area contributed by atoms with Gasteiger partial charge in [0.25, 0.3) is 0 Å². The average Bonchev–Trinajstić information content (AvgIpc) is 2.64. The maximum Gasteiger partial charge on any atom is 0.242 e. The number of carbonyl (C=O) groups is 1. The molecule has 0 heterocycles. The molecule has 2 aromatic rings. The lowest BCUT2D eigenvalue weighted by atomic mass is 10.2. The molecule has 1 atom stereocenters. The van der Waals surface area contributed by atoms with Gasteiger partial charge in [0.05, 0.1) is 5.02 Å². The van der Waals surface area contributed by atoms with E-state index in [1.807, 2.05) is 25.1 Å².